The van der Waals surface area contributed by atoms with Gasteiger partial charge in [0, 0.05) is 44.5 Å². The molecule has 6 heteroatoms. The van der Waals surface area contributed by atoms with Gasteiger partial charge in [0.2, 0.25) is 5.91 Å². The quantitative estimate of drug-likeness (QED) is 0.798. The molecule has 0 fully saturated rings. The number of thioether (sulfide) groups is 1. The largest absolute Gasteiger partial charge is 0.339 e. The van der Waals surface area contributed by atoms with Gasteiger partial charge in [0.15, 0.2) is 5.16 Å². The summed E-state index contributed by atoms with van der Waals surface area (Å²) in [6.07, 6.45) is 1.66. The van der Waals surface area contributed by atoms with E-state index < -0.39 is 0 Å². The van der Waals surface area contributed by atoms with Crippen molar-refractivity contribution >= 4 is 22.9 Å². The van der Waals surface area contributed by atoms with E-state index in [2.05, 4.69) is 4.98 Å². The predicted octanol–water partition coefficient (Wildman–Crippen LogP) is 2.98. The summed E-state index contributed by atoms with van der Waals surface area (Å²) in [6.45, 7) is 1.45. The van der Waals surface area contributed by atoms with Gasteiger partial charge in [0.25, 0.3) is 5.24 Å². The number of rotatable bonds is 2. The summed E-state index contributed by atoms with van der Waals surface area (Å²) in [5.41, 5.74) is 1.58. The molecule has 0 spiro atoms. The zero-order valence-corrected chi connectivity index (χ0v) is 12.3. The standard InChI is InChI=1S/C14H15N3O2S/c1-10(18)17-9-12(11-7-5-4-6-8-11)15-13(17)20-14(19)16(2)3/h4-9H,1-3H3. The highest BCUT2D eigenvalue weighted by molar-refractivity contribution is 8.13. The van der Waals surface area contributed by atoms with E-state index in [9.17, 15) is 9.59 Å². The fourth-order valence-corrected chi connectivity index (χ4v) is 2.34. The Labute approximate surface area is 121 Å². The van der Waals surface area contributed by atoms with Crippen molar-refractivity contribution in [1.29, 1.82) is 0 Å². The first-order valence-corrected chi connectivity index (χ1v) is 6.85. The highest BCUT2D eigenvalue weighted by Gasteiger charge is 2.17. The van der Waals surface area contributed by atoms with Crippen molar-refractivity contribution in [2.24, 2.45) is 0 Å². The fraction of sp³-hybridized carbons (Fsp3) is 0.214. The van der Waals surface area contributed by atoms with Gasteiger partial charge in [-0.2, -0.15) is 0 Å². The van der Waals surface area contributed by atoms with Crippen LogP contribution in [0.2, 0.25) is 0 Å². The van der Waals surface area contributed by atoms with Gasteiger partial charge in [0.1, 0.15) is 0 Å². The number of carbonyl (C=O) groups excluding carboxylic acids is 2. The number of carbonyl (C=O) groups is 2. The summed E-state index contributed by atoms with van der Waals surface area (Å²) in [6, 6.07) is 9.54. The lowest BCUT2D eigenvalue weighted by Crippen LogP contribution is -2.17. The van der Waals surface area contributed by atoms with Crippen LogP contribution in [0.5, 0.6) is 0 Å². The first-order chi connectivity index (χ1) is 9.49. The molecule has 1 amide bonds. The molecule has 0 aliphatic heterocycles. The Hall–Kier alpha value is -2.08. The zero-order valence-electron chi connectivity index (χ0n) is 11.5. The molecule has 0 atom stereocenters. The maximum atomic E-state index is 11.8. The second-order valence-corrected chi connectivity index (χ2v) is 5.34. The molecule has 1 aromatic heterocycles. The van der Waals surface area contributed by atoms with E-state index in [0.29, 0.717) is 10.9 Å². The maximum absolute atomic E-state index is 11.8. The van der Waals surface area contributed by atoms with Crippen LogP contribution in [-0.2, 0) is 0 Å². The monoisotopic (exact) mass is 289 g/mol. The van der Waals surface area contributed by atoms with Crippen LogP contribution in [0.15, 0.2) is 41.7 Å². The molecule has 0 N–H and O–H groups in total. The van der Waals surface area contributed by atoms with Gasteiger partial charge in [-0.15, -0.1) is 0 Å². The summed E-state index contributed by atoms with van der Waals surface area (Å²) in [5.74, 6) is -0.172. The zero-order chi connectivity index (χ0) is 14.7. The highest BCUT2D eigenvalue weighted by atomic mass is 32.2. The molecular weight excluding hydrogens is 274 g/mol. The predicted molar refractivity (Wildman–Crippen MR) is 78.9 cm³/mol. The van der Waals surface area contributed by atoms with Gasteiger partial charge in [-0.3, -0.25) is 14.2 Å². The van der Waals surface area contributed by atoms with Gasteiger partial charge < -0.3 is 4.90 Å². The fourth-order valence-electron chi connectivity index (χ4n) is 1.58. The molecule has 2 rings (SSSR count). The van der Waals surface area contributed by atoms with E-state index >= 15 is 0 Å². The molecule has 1 aromatic carbocycles. The molecule has 104 valence electrons. The van der Waals surface area contributed by atoms with Crippen LogP contribution in [-0.4, -0.2) is 39.7 Å². The number of nitrogens with zero attached hydrogens (tertiary/aromatic N) is 3. The molecule has 5 nitrogen and oxygen atoms in total. The minimum absolute atomic E-state index is 0.169. The van der Waals surface area contributed by atoms with Gasteiger partial charge in [0.05, 0.1) is 5.69 Å². The summed E-state index contributed by atoms with van der Waals surface area (Å²) >= 11 is 0.940. The maximum Gasteiger partial charge on any atom is 0.288 e. The minimum atomic E-state index is -0.172. The lowest BCUT2D eigenvalue weighted by atomic mass is 10.2. The first kappa shape index (κ1) is 14.3. The molecule has 0 aliphatic rings. The smallest absolute Gasteiger partial charge is 0.288 e. The van der Waals surface area contributed by atoms with E-state index in [1.165, 1.54) is 16.4 Å². The Kier molecular flexibility index (Phi) is 4.24. The average molecular weight is 289 g/mol. The van der Waals surface area contributed by atoms with Gasteiger partial charge >= 0.3 is 0 Å². The molecule has 0 aliphatic carbocycles. The molecule has 20 heavy (non-hydrogen) atoms. The molecule has 0 unspecified atom stereocenters. The van der Waals surface area contributed by atoms with Gasteiger partial charge in [-0.25, -0.2) is 4.98 Å². The summed E-state index contributed by atoms with van der Waals surface area (Å²) in [4.78, 5) is 29.2. The van der Waals surface area contributed by atoms with E-state index in [4.69, 9.17) is 0 Å². The molecule has 2 aromatic rings. The molecule has 0 saturated carbocycles. The summed E-state index contributed by atoms with van der Waals surface area (Å²) in [5, 5.41) is 0.216. The molecule has 0 radical (unpaired) electrons. The Morgan fingerprint density at radius 2 is 1.85 bits per heavy atom. The third kappa shape index (κ3) is 3.08. The minimum Gasteiger partial charge on any atom is -0.339 e. The Bertz CT molecular complexity index is 635. The second kappa shape index (κ2) is 5.92. The van der Waals surface area contributed by atoms with Gasteiger partial charge in [-0.05, 0) is 0 Å². The lowest BCUT2D eigenvalue weighted by Gasteiger charge is -2.08. The molecular formula is C14H15N3O2S. The number of imidazole rings is 1. The normalized spacial score (nSPS) is 10.3. The van der Waals surface area contributed by atoms with E-state index in [1.54, 1.807) is 20.3 Å². The van der Waals surface area contributed by atoms with Crippen LogP contribution in [0.1, 0.15) is 11.7 Å². The highest BCUT2D eigenvalue weighted by Crippen LogP contribution is 2.25. The summed E-state index contributed by atoms with van der Waals surface area (Å²) in [7, 11) is 3.32. The van der Waals surface area contributed by atoms with E-state index in [-0.39, 0.29) is 11.1 Å². The Balaban J connectivity index is 2.39. The van der Waals surface area contributed by atoms with Crippen molar-refractivity contribution in [1.82, 2.24) is 14.5 Å². The third-order valence-corrected chi connectivity index (χ3v) is 3.64. The van der Waals surface area contributed by atoms with Crippen molar-refractivity contribution in [2.75, 3.05) is 14.1 Å². The van der Waals surface area contributed by atoms with Crippen molar-refractivity contribution in [2.45, 2.75) is 12.1 Å². The van der Waals surface area contributed by atoms with Gasteiger partial charge in [-0.1, -0.05) is 30.3 Å². The SMILES string of the molecule is CC(=O)n1cc(-c2ccccc2)nc1SC(=O)N(C)C. The molecule has 0 saturated heterocycles. The Morgan fingerprint density at radius 3 is 2.40 bits per heavy atom. The number of hydrogen-bond acceptors (Lipinski definition) is 4. The van der Waals surface area contributed by atoms with Crippen LogP contribution in [0.25, 0.3) is 11.3 Å². The molecule has 1 heterocycles. The third-order valence-electron chi connectivity index (χ3n) is 2.63. The van der Waals surface area contributed by atoms with Crippen molar-refractivity contribution in [3.63, 3.8) is 0 Å². The Morgan fingerprint density at radius 1 is 1.20 bits per heavy atom. The summed E-state index contributed by atoms with van der Waals surface area (Å²) < 4.78 is 1.40. The number of benzene rings is 1. The number of hydrogen-bond donors (Lipinski definition) is 0. The molecule has 0 bridgehead atoms. The van der Waals surface area contributed by atoms with E-state index in [0.717, 1.165) is 17.3 Å². The second-order valence-electron chi connectivity index (χ2n) is 4.43. The number of aromatic nitrogens is 2. The van der Waals surface area contributed by atoms with Crippen molar-refractivity contribution < 1.29 is 9.59 Å². The average Bonchev–Trinajstić information content (AvgIpc) is 2.83. The van der Waals surface area contributed by atoms with Crippen LogP contribution < -0.4 is 0 Å². The van der Waals surface area contributed by atoms with Crippen LogP contribution >= 0.6 is 11.8 Å². The topological polar surface area (TPSA) is 55.2 Å². The van der Waals surface area contributed by atoms with Crippen LogP contribution in [0.3, 0.4) is 0 Å². The lowest BCUT2D eigenvalue weighted by molar-refractivity contribution is 0.0926. The van der Waals surface area contributed by atoms with Crippen LogP contribution in [0.4, 0.5) is 4.79 Å². The van der Waals surface area contributed by atoms with Crippen LogP contribution in [0, 0.1) is 0 Å². The van der Waals surface area contributed by atoms with Crippen molar-refractivity contribution in [3.05, 3.63) is 36.5 Å². The van der Waals surface area contributed by atoms with Crippen molar-refractivity contribution in [3.8, 4) is 11.3 Å². The first-order valence-electron chi connectivity index (χ1n) is 6.04. The number of amides is 1. The van der Waals surface area contributed by atoms with E-state index in [1.807, 2.05) is 30.3 Å².